The third kappa shape index (κ3) is 4.88. The lowest BCUT2D eigenvalue weighted by molar-refractivity contribution is -0.144. The smallest absolute Gasteiger partial charge is 0.320 e. The Bertz CT molecular complexity index is 1110. The van der Waals surface area contributed by atoms with Crippen molar-refractivity contribution in [2.45, 2.75) is 51.6 Å². The van der Waals surface area contributed by atoms with E-state index >= 15 is 0 Å². The molecule has 1 aliphatic carbocycles. The zero-order valence-electron chi connectivity index (χ0n) is 18.2. The number of nitrogens with zero attached hydrogens (tertiary/aromatic N) is 3. The predicted octanol–water partition coefficient (Wildman–Crippen LogP) is 3.44. The zero-order valence-corrected chi connectivity index (χ0v) is 19.0. The van der Waals surface area contributed by atoms with Crippen LogP contribution in [0.2, 0.25) is 0 Å². The molecule has 0 radical (unpaired) electrons. The van der Waals surface area contributed by atoms with Crippen LogP contribution in [0.4, 0.5) is 0 Å². The van der Waals surface area contributed by atoms with Gasteiger partial charge >= 0.3 is 5.97 Å². The summed E-state index contributed by atoms with van der Waals surface area (Å²) < 4.78 is 6.84. The predicted molar refractivity (Wildman–Crippen MR) is 124 cm³/mol. The van der Waals surface area contributed by atoms with E-state index in [1.54, 1.807) is 22.2 Å². The van der Waals surface area contributed by atoms with Gasteiger partial charge in [-0.1, -0.05) is 30.3 Å². The summed E-state index contributed by atoms with van der Waals surface area (Å²) in [7, 11) is 1.97. The fourth-order valence-corrected chi connectivity index (χ4v) is 5.61. The molecule has 0 saturated carbocycles. The standard InChI is InChI=1S/C24H29N3O3S/c1-3-30-21(28)15-26(2)18-11-12-19-20(14-18)31-23-22(19)24(29)27(16-25-23)13-7-10-17-8-5-4-6-9-17/h4-6,8-9,16,18H,3,7,10-15H2,1-2H3. The van der Waals surface area contributed by atoms with Crippen molar-refractivity contribution in [3.8, 4) is 0 Å². The Morgan fingerprint density at radius 3 is 2.90 bits per heavy atom. The highest BCUT2D eigenvalue weighted by Crippen LogP contribution is 2.34. The van der Waals surface area contributed by atoms with Gasteiger partial charge < -0.3 is 4.74 Å². The van der Waals surface area contributed by atoms with Gasteiger partial charge in [-0.25, -0.2) is 4.98 Å². The van der Waals surface area contributed by atoms with Crippen LogP contribution in [0.1, 0.15) is 35.8 Å². The maximum absolute atomic E-state index is 13.2. The minimum Gasteiger partial charge on any atom is -0.465 e. The summed E-state index contributed by atoms with van der Waals surface area (Å²) in [5, 5.41) is 0.800. The van der Waals surface area contributed by atoms with Crippen LogP contribution < -0.4 is 5.56 Å². The molecule has 4 rings (SSSR count). The highest BCUT2D eigenvalue weighted by Gasteiger charge is 2.28. The van der Waals surface area contributed by atoms with Crippen molar-refractivity contribution in [2.75, 3.05) is 20.2 Å². The van der Waals surface area contributed by atoms with Crippen molar-refractivity contribution in [3.63, 3.8) is 0 Å². The molecule has 0 saturated heterocycles. The van der Waals surface area contributed by atoms with E-state index in [-0.39, 0.29) is 17.6 Å². The monoisotopic (exact) mass is 439 g/mol. The molecule has 6 nitrogen and oxygen atoms in total. The van der Waals surface area contributed by atoms with Crippen molar-refractivity contribution in [1.82, 2.24) is 14.5 Å². The van der Waals surface area contributed by atoms with Gasteiger partial charge in [0.25, 0.3) is 5.56 Å². The lowest BCUT2D eigenvalue weighted by Gasteiger charge is -2.30. The number of aryl methyl sites for hydroxylation is 3. The van der Waals surface area contributed by atoms with Gasteiger partial charge in [0, 0.05) is 17.5 Å². The third-order valence-corrected chi connectivity index (χ3v) is 7.19. The molecule has 0 bridgehead atoms. The lowest BCUT2D eigenvalue weighted by atomic mass is 9.92. The minimum atomic E-state index is -0.188. The average Bonchev–Trinajstić information content (AvgIpc) is 3.14. The number of hydrogen-bond acceptors (Lipinski definition) is 6. The Hall–Kier alpha value is -2.51. The SMILES string of the molecule is CCOC(=O)CN(C)C1CCc2c(sc3ncn(CCCc4ccccc4)c(=O)c23)C1. The number of rotatable bonds is 8. The number of carbonyl (C=O) groups excluding carboxylic acids is 1. The van der Waals surface area contributed by atoms with Gasteiger partial charge in [0.15, 0.2) is 0 Å². The second-order valence-corrected chi connectivity index (χ2v) is 9.22. The molecule has 1 aliphatic rings. The van der Waals surface area contributed by atoms with Gasteiger partial charge in [-0.15, -0.1) is 11.3 Å². The molecular weight excluding hydrogens is 410 g/mol. The molecule has 2 aromatic heterocycles. The van der Waals surface area contributed by atoms with Crippen LogP contribution in [-0.4, -0.2) is 46.7 Å². The number of ether oxygens (including phenoxy) is 1. The van der Waals surface area contributed by atoms with E-state index in [0.29, 0.717) is 19.7 Å². The number of fused-ring (bicyclic) bond motifs is 3. The Labute approximate surface area is 186 Å². The molecule has 1 aromatic carbocycles. The molecule has 0 amide bonds. The van der Waals surface area contributed by atoms with Crippen LogP contribution in [0, 0.1) is 0 Å². The first-order chi connectivity index (χ1) is 15.1. The van der Waals surface area contributed by atoms with E-state index in [4.69, 9.17) is 4.74 Å². The molecule has 7 heteroatoms. The number of likely N-dealkylation sites (N-methyl/N-ethyl adjacent to an activating group) is 1. The Morgan fingerprint density at radius 1 is 1.32 bits per heavy atom. The van der Waals surface area contributed by atoms with Crippen LogP contribution in [0.5, 0.6) is 0 Å². The van der Waals surface area contributed by atoms with E-state index in [2.05, 4.69) is 22.0 Å². The number of hydrogen-bond donors (Lipinski definition) is 0. The molecular formula is C24H29N3O3S. The van der Waals surface area contributed by atoms with E-state index in [1.165, 1.54) is 10.4 Å². The molecule has 0 N–H and O–H groups in total. The summed E-state index contributed by atoms with van der Waals surface area (Å²) in [6.45, 7) is 3.20. The normalized spacial score (nSPS) is 15.9. The Balaban J connectivity index is 1.47. The average molecular weight is 440 g/mol. The lowest BCUT2D eigenvalue weighted by Crippen LogP contribution is -2.39. The molecule has 2 heterocycles. The third-order valence-electron chi connectivity index (χ3n) is 6.02. The van der Waals surface area contributed by atoms with Crippen LogP contribution in [-0.2, 0) is 35.3 Å². The second kappa shape index (κ2) is 9.75. The number of thiophene rings is 1. The maximum atomic E-state index is 13.2. The first kappa shape index (κ1) is 21.7. The first-order valence-corrected chi connectivity index (χ1v) is 11.8. The minimum absolute atomic E-state index is 0.0777. The molecule has 31 heavy (non-hydrogen) atoms. The van der Waals surface area contributed by atoms with E-state index in [1.807, 2.05) is 32.2 Å². The zero-order chi connectivity index (χ0) is 21.8. The fourth-order valence-electron chi connectivity index (χ4n) is 4.36. The van der Waals surface area contributed by atoms with Crippen LogP contribution in [0.25, 0.3) is 10.2 Å². The molecule has 0 fully saturated rings. The number of aromatic nitrogens is 2. The van der Waals surface area contributed by atoms with Gasteiger partial charge in [0.2, 0.25) is 0 Å². The quantitative estimate of drug-likeness (QED) is 0.503. The Kier molecular flexibility index (Phi) is 6.83. The summed E-state index contributed by atoms with van der Waals surface area (Å²) in [5.41, 5.74) is 2.53. The summed E-state index contributed by atoms with van der Waals surface area (Å²) in [5.74, 6) is -0.188. The summed E-state index contributed by atoms with van der Waals surface area (Å²) in [6, 6.07) is 10.6. The number of esters is 1. The van der Waals surface area contributed by atoms with E-state index in [9.17, 15) is 9.59 Å². The highest BCUT2D eigenvalue weighted by molar-refractivity contribution is 7.18. The van der Waals surface area contributed by atoms with Gasteiger partial charge in [0.1, 0.15) is 4.83 Å². The maximum Gasteiger partial charge on any atom is 0.320 e. The van der Waals surface area contributed by atoms with Gasteiger partial charge in [-0.3, -0.25) is 19.1 Å². The summed E-state index contributed by atoms with van der Waals surface area (Å²) in [4.78, 5) is 33.8. The highest BCUT2D eigenvalue weighted by atomic mass is 32.1. The topological polar surface area (TPSA) is 64.4 Å². The largest absolute Gasteiger partial charge is 0.465 e. The molecule has 0 aliphatic heterocycles. The number of benzene rings is 1. The van der Waals surface area contributed by atoms with Crippen molar-refractivity contribution < 1.29 is 9.53 Å². The molecule has 1 atom stereocenters. The van der Waals surface area contributed by atoms with Crippen LogP contribution in [0.3, 0.4) is 0 Å². The van der Waals surface area contributed by atoms with Crippen LogP contribution >= 0.6 is 11.3 Å². The van der Waals surface area contributed by atoms with Crippen molar-refractivity contribution in [2.24, 2.45) is 0 Å². The van der Waals surface area contributed by atoms with Crippen LogP contribution in [0.15, 0.2) is 41.5 Å². The van der Waals surface area contributed by atoms with E-state index < -0.39 is 0 Å². The summed E-state index contributed by atoms with van der Waals surface area (Å²) >= 11 is 1.63. The summed E-state index contributed by atoms with van der Waals surface area (Å²) in [6.07, 6.45) is 6.17. The molecule has 0 spiro atoms. The van der Waals surface area contributed by atoms with Crippen molar-refractivity contribution >= 4 is 27.5 Å². The van der Waals surface area contributed by atoms with Crippen molar-refractivity contribution in [3.05, 3.63) is 63.0 Å². The van der Waals surface area contributed by atoms with Crippen molar-refractivity contribution in [1.29, 1.82) is 0 Å². The van der Waals surface area contributed by atoms with Gasteiger partial charge in [0.05, 0.1) is 24.9 Å². The Morgan fingerprint density at radius 2 is 2.13 bits per heavy atom. The molecule has 3 aromatic rings. The van der Waals surface area contributed by atoms with E-state index in [0.717, 1.165) is 47.9 Å². The fraction of sp³-hybridized carbons (Fsp3) is 0.458. The number of carbonyl (C=O) groups is 1. The van der Waals surface area contributed by atoms with Gasteiger partial charge in [-0.05, 0) is 57.2 Å². The van der Waals surface area contributed by atoms with Gasteiger partial charge in [-0.2, -0.15) is 0 Å². The second-order valence-electron chi connectivity index (χ2n) is 8.13. The molecule has 1 unspecified atom stereocenters. The first-order valence-electron chi connectivity index (χ1n) is 11.0. The molecule has 164 valence electrons.